The number of alkyl halides is 2. The maximum absolute atomic E-state index is 12.6. The molecule has 1 heterocycles. The fourth-order valence-corrected chi connectivity index (χ4v) is 1.57. The lowest BCUT2D eigenvalue weighted by atomic mass is 10.1. The summed E-state index contributed by atoms with van der Waals surface area (Å²) in [4.78, 5) is 14.3. The fourth-order valence-electron chi connectivity index (χ4n) is 1.12. The number of carboxylic acid groups (broad SMARTS) is 1. The van der Waals surface area contributed by atoms with E-state index >= 15 is 0 Å². The number of carbonyl (C=O) groups is 1. The standard InChI is InChI=1S/C9H8F2INO2/c1-4-6(12)2-5(9(10)11)7(13-4)3-8(14)15/h2,9H,3H2,1H3,(H,14,15). The van der Waals surface area contributed by atoms with Crippen molar-refractivity contribution in [3.05, 3.63) is 26.6 Å². The summed E-state index contributed by atoms with van der Waals surface area (Å²) in [5, 5.41) is 8.55. The molecule has 0 amide bonds. The highest BCUT2D eigenvalue weighted by Crippen LogP contribution is 2.25. The van der Waals surface area contributed by atoms with Gasteiger partial charge in [-0.3, -0.25) is 9.78 Å². The number of hydrogen-bond acceptors (Lipinski definition) is 2. The molecule has 1 aromatic heterocycles. The molecule has 1 N–H and O–H groups in total. The van der Waals surface area contributed by atoms with Crippen LogP contribution < -0.4 is 0 Å². The lowest BCUT2D eigenvalue weighted by Gasteiger charge is -2.08. The van der Waals surface area contributed by atoms with Gasteiger partial charge >= 0.3 is 5.97 Å². The van der Waals surface area contributed by atoms with Gasteiger partial charge in [0, 0.05) is 9.13 Å². The molecule has 0 aliphatic heterocycles. The average Bonchev–Trinajstić information content (AvgIpc) is 2.09. The minimum absolute atomic E-state index is 0.0598. The first-order valence-electron chi connectivity index (χ1n) is 4.07. The number of aryl methyl sites for hydroxylation is 1. The topological polar surface area (TPSA) is 50.2 Å². The highest BCUT2D eigenvalue weighted by atomic mass is 127. The molecule has 0 saturated carbocycles. The monoisotopic (exact) mass is 327 g/mol. The Morgan fingerprint density at radius 2 is 2.27 bits per heavy atom. The first-order valence-corrected chi connectivity index (χ1v) is 5.15. The summed E-state index contributed by atoms with van der Waals surface area (Å²) in [6.07, 6.45) is -3.17. The second kappa shape index (κ2) is 4.82. The van der Waals surface area contributed by atoms with Crippen LogP contribution in [0.1, 0.15) is 23.4 Å². The normalized spacial score (nSPS) is 10.7. The van der Waals surface area contributed by atoms with Crippen molar-refractivity contribution in [3.63, 3.8) is 0 Å². The van der Waals surface area contributed by atoms with E-state index in [0.29, 0.717) is 9.26 Å². The third-order valence-electron chi connectivity index (χ3n) is 1.82. The zero-order valence-corrected chi connectivity index (χ0v) is 9.96. The Labute approximate surface area is 98.7 Å². The molecule has 0 aromatic carbocycles. The summed E-state index contributed by atoms with van der Waals surface area (Å²) in [7, 11) is 0. The largest absolute Gasteiger partial charge is 0.481 e. The van der Waals surface area contributed by atoms with E-state index < -0.39 is 18.8 Å². The van der Waals surface area contributed by atoms with Gasteiger partial charge in [-0.1, -0.05) is 0 Å². The van der Waals surface area contributed by atoms with Gasteiger partial charge in [0.25, 0.3) is 6.43 Å². The van der Waals surface area contributed by atoms with Crippen LogP contribution in [-0.2, 0) is 11.2 Å². The van der Waals surface area contributed by atoms with E-state index in [0.717, 1.165) is 0 Å². The van der Waals surface area contributed by atoms with E-state index in [4.69, 9.17) is 5.11 Å². The molecule has 6 heteroatoms. The van der Waals surface area contributed by atoms with Crippen LogP contribution in [0.15, 0.2) is 6.07 Å². The smallest absolute Gasteiger partial charge is 0.309 e. The van der Waals surface area contributed by atoms with Gasteiger partial charge in [-0.15, -0.1) is 0 Å². The molecular weight excluding hydrogens is 319 g/mol. The van der Waals surface area contributed by atoms with Crippen molar-refractivity contribution in [3.8, 4) is 0 Å². The number of hydrogen-bond donors (Lipinski definition) is 1. The van der Waals surface area contributed by atoms with E-state index in [-0.39, 0.29) is 11.3 Å². The lowest BCUT2D eigenvalue weighted by molar-refractivity contribution is -0.136. The quantitative estimate of drug-likeness (QED) is 0.868. The van der Waals surface area contributed by atoms with Gasteiger partial charge in [0.15, 0.2) is 0 Å². The molecule has 0 radical (unpaired) electrons. The Balaban J connectivity index is 3.21. The molecule has 0 saturated heterocycles. The Morgan fingerprint density at radius 3 is 2.73 bits per heavy atom. The predicted molar refractivity (Wildman–Crippen MR) is 58.0 cm³/mol. The summed E-state index contributed by atoms with van der Waals surface area (Å²) in [5.74, 6) is -1.16. The van der Waals surface area contributed by atoms with E-state index in [1.807, 2.05) is 22.6 Å². The van der Waals surface area contributed by atoms with E-state index in [2.05, 4.69) is 4.98 Å². The number of aliphatic carboxylic acids is 1. The molecule has 0 aliphatic carbocycles. The minimum atomic E-state index is -2.69. The third kappa shape index (κ3) is 3.08. The molecule has 1 aromatic rings. The van der Waals surface area contributed by atoms with Crippen LogP contribution >= 0.6 is 22.6 Å². The average molecular weight is 327 g/mol. The SMILES string of the molecule is Cc1nc(CC(=O)O)c(C(F)F)cc1I. The molecule has 1 rings (SSSR count). The van der Waals surface area contributed by atoms with Gasteiger partial charge in [-0.25, -0.2) is 8.78 Å². The van der Waals surface area contributed by atoms with Crippen LogP contribution in [0.4, 0.5) is 8.78 Å². The number of carboxylic acids is 1. The van der Waals surface area contributed by atoms with Crippen LogP contribution in [0, 0.1) is 10.5 Å². The molecule has 3 nitrogen and oxygen atoms in total. The number of halogens is 3. The van der Waals surface area contributed by atoms with Crippen molar-refractivity contribution < 1.29 is 18.7 Å². The summed E-state index contributed by atoms with van der Waals surface area (Å²) in [5.41, 5.74) is 0.207. The summed E-state index contributed by atoms with van der Waals surface area (Å²) < 4.78 is 25.7. The second-order valence-electron chi connectivity index (χ2n) is 2.96. The molecule has 0 aliphatic rings. The third-order valence-corrected chi connectivity index (χ3v) is 2.91. The number of rotatable bonds is 3. The van der Waals surface area contributed by atoms with Gasteiger partial charge in [0.05, 0.1) is 17.8 Å². The molecule has 0 fully saturated rings. The first-order chi connectivity index (χ1) is 6.91. The molecular formula is C9H8F2INO2. The van der Waals surface area contributed by atoms with Crippen molar-refractivity contribution in [1.82, 2.24) is 4.98 Å². The minimum Gasteiger partial charge on any atom is -0.481 e. The number of nitrogens with zero attached hydrogens (tertiary/aromatic N) is 1. The van der Waals surface area contributed by atoms with Crippen molar-refractivity contribution in [2.75, 3.05) is 0 Å². The van der Waals surface area contributed by atoms with Crippen LogP contribution in [0.25, 0.3) is 0 Å². The lowest BCUT2D eigenvalue weighted by Crippen LogP contribution is -2.08. The Kier molecular flexibility index (Phi) is 3.95. The zero-order valence-electron chi connectivity index (χ0n) is 7.80. The second-order valence-corrected chi connectivity index (χ2v) is 4.12. The van der Waals surface area contributed by atoms with Crippen molar-refractivity contribution in [2.45, 2.75) is 19.8 Å². The summed E-state index contributed by atoms with van der Waals surface area (Å²) in [6, 6.07) is 1.28. The fraction of sp³-hybridized carbons (Fsp3) is 0.333. The maximum atomic E-state index is 12.6. The predicted octanol–water partition coefficient (Wildman–Crippen LogP) is 2.56. The van der Waals surface area contributed by atoms with Crippen LogP contribution in [-0.4, -0.2) is 16.1 Å². The molecule has 0 atom stereocenters. The summed E-state index contributed by atoms with van der Waals surface area (Å²) in [6.45, 7) is 1.66. The van der Waals surface area contributed by atoms with E-state index in [1.54, 1.807) is 6.92 Å². The van der Waals surface area contributed by atoms with Crippen molar-refractivity contribution in [2.24, 2.45) is 0 Å². The highest BCUT2D eigenvalue weighted by molar-refractivity contribution is 14.1. The molecule has 15 heavy (non-hydrogen) atoms. The number of pyridine rings is 1. The Morgan fingerprint density at radius 1 is 1.67 bits per heavy atom. The van der Waals surface area contributed by atoms with Crippen molar-refractivity contribution in [1.29, 1.82) is 0 Å². The maximum Gasteiger partial charge on any atom is 0.309 e. The van der Waals surface area contributed by atoms with Crippen LogP contribution in [0.5, 0.6) is 0 Å². The van der Waals surface area contributed by atoms with Crippen LogP contribution in [0.3, 0.4) is 0 Å². The van der Waals surface area contributed by atoms with Crippen LogP contribution in [0.2, 0.25) is 0 Å². The molecule has 0 unspecified atom stereocenters. The zero-order chi connectivity index (χ0) is 11.6. The number of aromatic nitrogens is 1. The Hall–Kier alpha value is -0.790. The molecule has 82 valence electrons. The Bertz CT molecular complexity index is 396. The van der Waals surface area contributed by atoms with Gasteiger partial charge < -0.3 is 5.11 Å². The molecule has 0 spiro atoms. The summed E-state index contributed by atoms with van der Waals surface area (Å²) >= 11 is 1.89. The highest BCUT2D eigenvalue weighted by Gasteiger charge is 2.18. The van der Waals surface area contributed by atoms with E-state index in [9.17, 15) is 13.6 Å². The van der Waals surface area contributed by atoms with Gasteiger partial charge in [-0.2, -0.15) is 0 Å². The molecule has 0 bridgehead atoms. The first kappa shape index (κ1) is 12.3. The van der Waals surface area contributed by atoms with Crippen molar-refractivity contribution >= 4 is 28.6 Å². The van der Waals surface area contributed by atoms with Gasteiger partial charge in [-0.05, 0) is 35.6 Å². The van der Waals surface area contributed by atoms with Gasteiger partial charge in [0.2, 0.25) is 0 Å². The van der Waals surface area contributed by atoms with E-state index in [1.165, 1.54) is 6.07 Å². The van der Waals surface area contributed by atoms with Gasteiger partial charge in [0.1, 0.15) is 0 Å².